The molecule has 1 aliphatic carbocycles. The van der Waals surface area contributed by atoms with Crippen molar-refractivity contribution in [2.75, 3.05) is 12.4 Å². The highest BCUT2D eigenvalue weighted by Gasteiger charge is 2.39. The third kappa shape index (κ3) is 2.78. The molecule has 0 unspecified atom stereocenters. The molecule has 128 valence electrons. The molecular weight excluding hydrogens is 378 g/mol. The number of hydrogen-bond donors (Lipinski definition) is 1. The number of hydrogen-bond acceptors (Lipinski definition) is 3. The van der Waals surface area contributed by atoms with Crippen LogP contribution in [0.5, 0.6) is 5.75 Å². The maximum Gasteiger partial charge on any atom is 0.159 e. The summed E-state index contributed by atoms with van der Waals surface area (Å²) in [6.45, 7) is 1.62. The molecule has 0 saturated heterocycles. The molecule has 0 spiro atoms. The summed E-state index contributed by atoms with van der Waals surface area (Å²) in [6, 6.07) is 12.3. The standard InChI is InChI=1S/C21H20BrNO2/c1-12(24)13-6-8-19-17(10-13)15-4-3-5-16(15)21(23-19)18-11-14(22)7-9-20(18)25-2/h3-4,6-11,15-16,21,23H,5H2,1-2H3/t15-,16-,21+/m1/s1. The molecule has 0 radical (unpaired) electrons. The van der Waals surface area contributed by atoms with Gasteiger partial charge in [-0.1, -0.05) is 28.1 Å². The minimum absolute atomic E-state index is 0.108. The molecule has 0 fully saturated rings. The maximum atomic E-state index is 11.8. The minimum atomic E-state index is 0.108. The Morgan fingerprint density at radius 2 is 2.04 bits per heavy atom. The first-order valence-electron chi connectivity index (χ1n) is 8.50. The van der Waals surface area contributed by atoms with Crippen LogP contribution in [0.25, 0.3) is 0 Å². The summed E-state index contributed by atoms with van der Waals surface area (Å²) < 4.78 is 6.66. The van der Waals surface area contributed by atoms with E-state index in [1.165, 1.54) is 5.56 Å². The molecule has 3 nitrogen and oxygen atoms in total. The highest BCUT2D eigenvalue weighted by atomic mass is 79.9. The van der Waals surface area contributed by atoms with Crippen molar-refractivity contribution in [1.29, 1.82) is 0 Å². The van der Waals surface area contributed by atoms with E-state index in [9.17, 15) is 4.79 Å². The van der Waals surface area contributed by atoms with Crippen LogP contribution < -0.4 is 10.1 Å². The van der Waals surface area contributed by atoms with E-state index >= 15 is 0 Å². The van der Waals surface area contributed by atoms with E-state index in [0.29, 0.717) is 11.8 Å². The smallest absolute Gasteiger partial charge is 0.159 e. The van der Waals surface area contributed by atoms with Crippen molar-refractivity contribution in [3.8, 4) is 5.75 Å². The molecular formula is C21H20BrNO2. The Bertz CT molecular complexity index is 874. The molecule has 2 aliphatic rings. The average Bonchev–Trinajstić information content (AvgIpc) is 3.10. The van der Waals surface area contributed by atoms with Gasteiger partial charge < -0.3 is 10.1 Å². The monoisotopic (exact) mass is 397 g/mol. The van der Waals surface area contributed by atoms with Crippen molar-refractivity contribution in [2.24, 2.45) is 5.92 Å². The molecule has 1 heterocycles. The number of anilines is 1. The van der Waals surface area contributed by atoms with Crippen molar-refractivity contribution in [1.82, 2.24) is 0 Å². The van der Waals surface area contributed by atoms with E-state index in [0.717, 1.165) is 33.5 Å². The number of allylic oxidation sites excluding steroid dienone is 2. The number of methoxy groups -OCH3 is 1. The van der Waals surface area contributed by atoms with Crippen molar-refractivity contribution in [3.05, 3.63) is 69.7 Å². The third-order valence-corrected chi connectivity index (χ3v) is 5.79. The number of benzene rings is 2. The number of nitrogens with one attached hydrogen (secondary N) is 1. The zero-order valence-corrected chi connectivity index (χ0v) is 15.8. The highest BCUT2D eigenvalue weighted by Crippen LogP contribution is 2.51. The van der Waals surface area contributed by atoms with Crippen molar-refractivity contribution < 1.29 is 9.53 Å². The summed E-state index contributed by atoms with van der Waals surface area (Å²) in [6.07, 6.45) is 5.55. The lowest BCUT2D eigenvalue weighted by atomic mass is 9.76. The summed E-state index contributed by atoms with van der Waals surface area (Å²) in [5.74, 6) is 1.74. The summed E-state index contributed by atoms with van der Waals surface area (Å²) >= 11 is 3.59. The first-order valence-corrected chi connectivity index (χ1v) is 9.29. The largest absolute Gasteiger partial charge is 0.496 e. The molecule has 0 amide bonds. The van der Waals surface area contributed by atoms with Crippen LogP contribution in [0.3, 0.4) is 0 Å². The molecule has 0 bridgehead atoms. The second kappa shape index (κ2) is 6.34. The second-order valence-electron chi connectivity index (χ2n) is 6.72. The van der Waals surface area contributed by atoms with Crippen molar-refractivity contribution >= 4 is 27.4 Å². The van der Waals surface area contributed by atoms with Crippen LogP contribution in [0, 0.1) is 5.92 Å². The molecule has 1 aliphatic heterocycles. The van der Waals surface area contributed by atoms with Gasteiger partial charge in [0.05, 0.1) is 13.2 Å². The first kappa shape index (κ1) is 16.4. The first-order chi connectivity index (χ1) is 12.1. The molecule has 0 aromatic heterocycles. The normalized spacial score (nSPS) is 23.6. The Morgan fingerprint density at radius 3 is 2.80 bits per heavy atom. The van der Waals surface area contributed by atoms with E-state index in [-0.39, 0.29) is 11.8 Å². The van der Waals surface area contributed by atoms with Gasteiger partial charge >= 0.3 is 0 Å². The Morgan fingerprint density at radius 1 is 1.20 bits per heavy atom. The molecule has 0 saturated carbocycles. The Balaban J connectivity index is 1.81. The van der Waals surface area contributed by atoms with E-state index in [4.69, 9.17) is 4.74 Å². The van der Waals surface area contributed by atoms with Gasteiger partial charge in [0.2, 0.25) is 0 Å². The van der Waals surface area contributed by atoms with Crippen molar-refractivity contribution in [3.63, 3.8) is 0 Å². The number of Topliss-reactive ketones (excluding diaryl/α,β-unsaturated/α-hetero) is 1. The van der Waals surface area contributed by atoms with E-state index < -0.39 is 0 Å². The van der Waals surface area contributed by atoms with Crippen LogP contribution >= 0.6 is 15.9 Å². The number of halogens is 1. The molecule has 4 rings (SSSR count). The van der Waals surface area contributed by atoms with Crippen LogP contribution in [0.1, 0.15) is 46.8 Å². The number of ether oxygens (including phenoxy) is 1. The molecule has 1 N–H and O–H groups in total. The topological polar surface area (TPSA) is 38.3 Å². The lowest BCUT2D eigenvalue weighted by Gasteiger charge is -2.38. The molecule has 2 aromatic rings. The average molecular weight is 398 g/mol. The number of ketones is 1. The fraction of sp³-hybridized carbons (Fsp3) is 0.286. The third-order valence-electron chi connectivity index (χ3n) is 5.30. The Kier molecular flexibility index (Phi) is 4.16. The van der Waals surface area contributed by atoms with Crippen molar-refractivity contribution in [2.45, 2.75) is 25.3 Å². The fourth-order valence-corrected chi connectivity index (χ4v) is 4.45. The predicted octanol–water partition coefficient (Wildman–Crippen LogP) is 5.49. The number of carbonyl (C=O) groups is 1. The van der Waals surface area contributed by atoms with Gasteiger partial charge in [-0.15, -0.1) is 0 Å². The van der Waals surface area contributed by atoms with Gasteiger partial charge in [0, 0.05) is 27.2 Å². The summed E-state index contributed by atoms with van der Waals surface area (Å²) in [5.41, 5.74) is 4.26. The van der Waals surface area contributed by atoms with Crippen LogP contribution in [0.15, 0.2) is 53.0 Å². The predicted molar refractivity (Wildman–Crippen MR) is 103 cm³/mol. The zero-order valence-electron chi connectivity index (χ0n) is 14.3. The summed E-state index contributed by atoms with van der Waals surface area (Å²) in [4.78, 5) is 11.8. The van der Waals surface area contributed by atoms with Gasteiger partial charge in [0.15, 0.2) is 5.78 Å². The SMILES string of the molecule is COc1ccc(Br)cc1[C@H]1Nc2ccc(C(C)=O)cc2[C@@H]2C=CC[C@@H]12. The van der Waals surface area contributed by atoms with Crippen LogP contribution in [-0.2, 0) is 0 Å². The summed E-state index contributed by atoms with van der Waals surface area (Å²) in [5, 5.41) is 3.70. The van der Waals surface area contributed by atoms with Gasteiger partial charge in [0.1, 0.15) is 5.75 Å². The fourth-order valence-electron chi connectivity index (χ4n) is 4.07. The van der Waals surface area contributed by atoms with Gasteiger partial charge in [-0.05, 0) is 61.2 Å². The van der Waals surface area contributed by atoms with Gasteiger partial charge in [-0.3, -0.25) is 4.79 Å². The van der Waals surface area contributed by atoms with E-state index in [1.54, 1.807) is 14.0 Å². The lowest BCUT2D eigenvalue weighted by molar-refractivity contribution is 0.101. The Hall–Kier alpha value is -2.07. The quantitative estimate of drug-likeness (QED) is 0.549. The van der Waals surface area contributed by atoms with E-state index in [2.05, 4.69) is 39.5 Å². The highest BCUT2D eigenvalue weighted by molar-refractivity contribution is 9.10. The van der Waals surface area contributed by atoms with Crippen LogP contribution in [0.2, 0.25) is 0 Å². The lowest BCUT2D eigenvalue weighted by Crippen LogP contribution is -2.29. The number of fused-ring (bicyclic) bond motifs is 3. The van der Waals surface area contributed by atoms with Crippen LogP contribution in [-0.4, -0.2) is 12.9 Å². The molecule has 2 aromatic carbocycles. The van der Waals surface area contributed by atoms with Gasteiger partial charge in [-0.25, -0.2) is 0 Å². The van der Waals surface area contributed by atoms with E-state index in [1.807, 2.05) is 30.3 Å². The number of rotatable bonds is 3. The number of carbonyl (C=O) groups excluding carboxylic acids is 1. The molecule has 4 heteroatoms. The summed E-state index contributed by atoms with van der Waals surface area (Å²) in [7, 11) is 1.72. The molecule has 25 heavy (non-hydrogen) atoms. The van der Waals surface area contributed by atoms with Crippen LogP contribution in [0.4, 0.5) is 5.69 Å². The zero-order chi connectivity index (χ0) is 17.6. The maximum absolute atomic E-state index is 11.8. The Labute approximate surface area is 156 Å². The molecule has 3 atom stereocenters. The van der Waals surface area contributed by atoms with Gasteiger partial charge in [-0.2, -0.15) is 0 Å². The van der Waals surface area contributed by atoms with Gasteiger partial charge in [0.25, 0.3) is 0 Å². The minimum Gasteiger partial charge on any atom is -0.496 e. The second-order valence-corrected chi connectivity index (χ2v) is 7.64.